The molecule has 1 atom stereocenters. The Balaban J connectivity index is 2.02. The summed E-state index contributed by atoms with van der Waals surface area (Å²) in [6.45, 7) is 6.30. The van der Waals surface area contributed by atoms with Crippen LogP contribution in [0.25, 0.3) is 0 Å². The molecule has 3 rings (SSSR count). The fourth-order valence-corrected chi connectivity index (χ4v) is 4.64. The van der Waals surface area contributed by atoms with E-state index >= 15 is 0 Å². The fourth-order valence-electron chi connectivity index (χ4n) is 4.11. The lowest BCUT2D eigenvalue weighted by Gasteiger charge is -2.46. The average Bonchev–Trinajstić information content (AvgIpc) is 2.42. The Bertz CT molecular complexity index is 514. The zero-order valence-electron chi connectivity index (χ0n) is 12.3. The van der Waals surface area contributed by atoms with Gasteiger partial charge in [-0.2, -0.15) is 0 Å². The van der Waals surface area contributed by atoms with Crippen LogP contribution < -0.4 is 5.32 Å². The molecule has 1 fully saturated rings. The number of anilines is 1. The topological polar surface area (TPSA) is 12.0 Å². The van der Waals surface area contributed by atoms with Crippen LogP contribution >= 0.6 is 15.9 Å². The molecular weight excluding hydrogens is 310 g/mol. The van der Waals surface area contributed by atoms with Crippen LogP contribution in [-0.2, 0) is 6.42 Å². The molecule has 20 heavy (non-hydrogen) atoms. The Morgan fingerprint density at radius 2 is 2.10 bits per heavy atom. The van der Waals surface area contributed by atoms with Gasteiger partial charge in [-0.25, -0.2) is 0 Å². The smallest absolute Gasteiger partial charge is 0.0416 e. The fraction of sp³-hybridized carbons (Fsp3) is 0.556. The number of fused-ring (bicyclic) bond motifs is 1. The first kappa shape index (κ1) is 14.2. The lowest BCUT2D eigenvalue weighted by Crippen LogP contribution is -2.44. The molecule has 1 saturated carbocycles. The highest BCUT2D eigenvalue weighted by Crippen LogP contribution is 2.47. The quantitative estimate of drug-likeness (QED) is 0.674. The minimum atomic E-state index is 0.356. The molecule has 0 bridgehead atoms. The van der Waals surface area contributed by atoms with E-state index in [2.05, 4.69) is 46.9 Å². The molecule has 0 aromatic heterocycles. The molecule has 1 aromatic carbocycles. The van der Waals surface area contributed by atoms with Crippen LogP contribution in [0.2, 0.25) is 0 Å². The van der Waals surface area contributed by atoms with Gasteiger partial charge >= 0.3 is 0 Å². The van der Waals surface area contributed by atoms with Crippen molar-refractivity contribution in [3.63, 3.8) is 0 Å². The second kappa shape index (κ2) is 5.55. The molecule has 1 unspecified atom stereocenters. The number of nitrogens with one attached hydrogen (secondary N) is 1. The summed E-state index contributed by atoms with van der Waals surface area (Å²) in [7, 11) is 0. The zero-order valence-corrected chi connectivity index (χ0v) is 13.9. The molecule has 1 aromatic rings. The van der Waals surface area contributed by atoms with Crippen LogP contribution in [0.5, 0.6) is 0 Å². The van der Waals surface area contributed by atoms with E-state index in [4.69, 9.17) is 0 Å². The van der Waals surface area contributed by atoms with Crippen LogP contribution in [0.4, 0.5) is 5.69 Å². The Hall–Kier alpha value is -0.760. The lowest BCUT2D eigenvalue weighted by molar-refractivity contribution is 0.281. The van der Waals surface area contributed by atoms with Gasteiger partial charge in [-0.1, -0.05) is 48.2 Å². The first-order chi connectivity index (χ1) is 9.63. The highest BCUT2D eigenvalue weighted by atomic mass is 79.9. The molecule has 1 N–H and O–H groups in total. The van der Waals surface area contributed by atoms with E-state index in [1.165, 1.54) is 59.8 Å². The molecule has 1 heterocycles. The van der Waals surface area contributed by atoms with Gasteiger partial charge in [-0.15, -0.1) is 6.58 Å². The highest BCUT2D eigenvalue weighted by Gasteiger charge is 2.38. The molecule has 0 amide bonds. The van der Waals surface area contributed by atoms with Crippen molar-refractivity contribution in [3.8, 4) is 0 Å². The molecule has 1 spiro atoms. The van der Waals surface area contributed by atoms with Gasteiger partial charge in [0.05, 0.1) is 0 Å². The molecule has 2 heteroatoms. The summed E-state index contributed by atoms with van der Waals surface area (Å²) in [6, 6.07) is 4.55. The normalized spacial score (nSPS) is 24.0. The van der Waals surface area contributed by atoms with Gasteiger partial charge < -0.3 is 5.32 Å². The highest BCUT2D eigenvalue weighted by molar-refractivity contribution is 9.10. The van der Waals surface area contributed by atoms with Crippen LogP contribution in [0.1, 0.15) is 62.5 Å². The van der Waals surface area contributed by atoms with Crippen molar-refractivity contribution in [1.82, 2.24) is 0 Å². The average molecular weight is 334 g/mol. The van der Waals surface area contributed by atoms with Gasteiger partial charge in [0.1, 0.15) is 0 Å². The van der Waals surface area contributed by atoms with E-state index in [1.807, 2.05) is 6.08 Å². The third-order valence-corrected chi connectivity index (χ3v) is 5.47. The Morgan fingerprint density at radius 3 is 2.80 bits per heavy atom. The van der Waals surface area contributed by atoms with Crippen molar-refractivity contribution in [2.24, 2.45) is 0 Å². The molecular formula is C18H24BrN. The largest absolute Gasteiger partial charge is 0.379 e. The number of hydrogen-bond donors (Lipinski definition) is 1. The third-order valence-electron chi connectivity index (χ3n) is 5.01. The van der Waals surface area contributed by atoms with Crippen LogP contribution in [0.3, 0.4) is 0 Å². The maximum Gasteiger partial charge on any atom is 0.0416 e. The molecule has 1 aliphatic heterocycles. The van der Waals surface area contributed by atoms with Gasteiger partial charge in [0, 0.05) is 15.7 Å². The number of hydrogen-bond acceptors (Lipinski definition) is 1. The minimum Gasteiger partial charge on any atom is -0.379 e. The van der Waals surface area contributed by atoms with Crippen molar-refractivity contribution in [2.75, 3.05) is 5.32 Å². The van der Waals surface area contributed by atoms with Crippen molar-refractivity contribution < 1.29 is 0 Å². The maximum absolute atomic E-state index is 3.95. The minimum absolute atomic E-state index is 0.356. The Kier molecular flexibility index (Phi) is 3.94. The van der Waals surface area contributed by atoms with Crippen molar-refractivity contribution in [3.05, 3.63) is 40.4 Å². The van der Waals surface area contributed by atoms with E-state index < -0.39 is 0 Å². The zero-order chi connectivity index (χ0) is 14.2. The summed E-state index contributed by atoms with van der Waals surface area (Å²) in [5.74, 6) is 0.644. The summed E-state index contributed by atoms with van der Waals surface area (Å²) in [5.41, 5.74) is 4.62. The van der Waals surface area contributed by atoms with Gasteiger partial charge in [-0.3, -0.25) is 0 Å². The summed E-state index contributed by atoms with van der Waals surface area (Å²) < 4.78 is 1.20. The van der Waals surface area contributed by atoms with Crippen molar-refractivity contribution in [1.29, 1.82) is 0 Å². The molecule has 0 saturated heterocycles. The summed E-state index contributed by atoms with van der Waals surface area (Å²) in [6.07, 6.45) is 11.1. The molecule has 2 aliphatic rings. The summed E-state index contributed by atoms with van der Waals surface area (Å²) in [4.78, 5) is 0. The SMILES string of the molecule is C=CCc1cc(Br)cc2c1NC1(CCCCC1)CC2C. The molecule has 0 radical (unpaired) electrons. The third kappa shape index (κ3) is 2.55. The van der Waals surface area contributed by atoms with Gasteiger partial charge in [0.25, 0.3) is 0 Å². The molecule has 1 nitrogen and oxygen atoms in total. The lowest BCUT2D eigenvalue weighted by atomic mass is 9.71. The summed E-state index contributed by atoms with van der Waals surface area (Å²) >= 11 is 3.66. The van der Waals surface area contributed by atoms with Crippen molar-refractivity contribution >= 4 is 21.6 Å². The Morgan fingerprint density at radius 1 is 1.35 bits per heavy atom. The monoisotopic (exact) mass is 333 g/mol. The standard InChI is InChI=1S/C18H24BrN/c1-3-7-14-10-15(19)11-16-13(2)12-18(20-17(14)16)8-5-4-6-9-18/h3,10-11,13,20H,1,4-9,12H2,2H3. The predicted molar refractivity (Wildman–Crippen MR) is 90.5 cm³/mol. The van der Waals surface area contributed by atoms with E-state index in [1.54, 1.807) is 0 Å². The van der Waals surface area contributed by atoms with Crippen LogP contribution in [0.15, 0.2) is 29.3 Å². The number of allylic oxidation sites excluding steroid dienone is 1. The van der Waals surface area contributed by atoms with Crippen LogP contribution in [0, 0.1) is 0 Å². The van der Waals surface area contributed by atoms with Gasteiger partial charge in [-0.05, 0) is 54.9 Å². The van der Waals surface area contributed by atoms with E-state index in [0.717, 1.165) is 6.42 Å². The van der Waals surface area contributed by atoms with Gasteiger partial charge in [0.2, 0.25) is 0 Å². The van der Waals surface area contributed by atoms with E-state index in [9.17, 15) is 0 Å². The number of rotatable bonds is 2. The van der Waals surface area contributed by atoms with E-state index in [-0.39, 0.29) is 0 Å². The predicted octanol–water partition coefficient (Wildman–Crippen LogP) is 5.80. The molecule has 108 valence electrons. The van der Waals surface area contributed by atoms with E-state index in [0.29, 0.717) is 11.5 Å². The first-order valence-electron chi connectivity index (χ1n) is 7.85. The summed E-state index contributed by atoms with van der Waals surface area (Å²) in [5, 5.41) is 3.95. The second-order valence-corrected chi connectivity index (χ2v) is 7.51. The first-order valence-corrected chi connectivity index (χ1v) is 8.64. The second-order valence-electron chi connectivity index (χ2n) is 6.59. The number of benzene rings is 1. The maximum atomic E-state index is 3.95. The molecule has 1 aliphatic carbocycles. The van der Waals surface area contributed by atoms with Gasteiger partial charge in [0.15, 0.2) is 0 Å². The number of halogens is 1. The van der Waals surface area contributed by atoms with Crippen LogP contribution in [-0.4, -0.2) is 5.54 Å². The Labute approximate surface area is 131 Å². The van der Waals surface area contributed by atoms with Crippen molar-refractivity contribution in [2.45, 2.75) is 63.3 Å².